The van der Waals surface area contributed by atoms with Crippen molar-refractivity contribution in [1.82, 2.24) is 26.6 Å². The highest BCUT2D eigenvalue weighted by atomic mass is 16.4. The third-order valence-corrected chi connectivity index (χ3v) is 6.86. The summed E-state index contributed by atoms with van der Waals surface area (Å²) >= 11 is 0. The number of nitrogens with one attached hydrogen (secondary N) is 5. The first kappa shape index (κ1) is 39.2. The zero-order valence-electron chi connectivity index (χ0n) is 25.7. The van der Waals surface area contributed by atoms with Crippen LogP contribution in [0.5, 0.6) is 5.75 Å². The van der Waals surface area contributed by atoms with Gasteiger partial charge in [-0.2, -0.15) is 0 Å². The third-order valence-electron chi connectivity index (χ3n) is 6.86. The van der Waals surface area contributed by atoms with E-state index in [1.807, 2.05) is 0 Å². The van der Waals surface area contributed by atoms with E-state index in [1.165, 1.54) is 31.2 Å². The van der Waals surface area contributed by atoms with E-state index in [0.29, 0.717) is 12.0 Å². The van der Waals surface area contributed by atoms with Crippen LogP contribution in [0.1, 0.15) is 39.2 Å². The molecule has 0 unspecified atom stereocenters. The molecule has 1 aromatic rings. The first-order valence-electron chi connectivity index (χ1n) is 14.3. The van der Waals surface area contributed by atoms with Crippen LogP contribution in [-0.4, -0.2) is 111 Å². The van der Waals surface area contributed by atoms with Crippen LogP contribution in [0.2, 0.25) is 0 Å². The highest BCUT2D eigenvalue weighted by Gasteiger charge is 2.32. The normalized spacial score (nSPS) is 15.4. The number of aromatic hydroxyl groups is 1. The zero-order chi connectivity index (χ0) is 35.1. The van der Waals surface area contributed by atoms with Gasteiger partial charge in [-0.15, -0.1) is 0 Å². The van der Waals surface area contributed by atoms with E-state index in [4.69, 9.17) is 11.5 Å². The molecule has 0 aliphatic carbocycles. The van der Waals surface area contributed by atoms with Gasteiger partial charge in [-0.05, 0) is 30.5 Å². The molecule has 0 fully saturated rings. The Morgan fingerprint density at radius 1 is 0.826 bits per heavy atom. The van der Waals surface area contributed by atoms with Crippen LogP contribution in [0.3, 0.4) is 0 Å². The number of nitrogens with two attached hydrogens (primary N) is 2. The van der Waals surface area contributed by atoms with Gasteiger partial charge in [0, 0.05) is 6.42 Å². The van der Waals surface area contributed by atoms with E-state index in [2.05, 4.69) is 26.6 Å². The Balaban J connectivity index is 2.83. The molecule has 0 spiro atoms. The fraction of sp³-hybridized carbons (Fsp3) is 0.536. The molecule has 7 atom stereocenters. The largest absolute Gasteiger partial charge is 0.508 e. The summed E-state index contributed by atoms with van der Waals surface area (Å²) in [4.78, 5) is 86.1. The lowest BCUT2D eigenvalue weighted by Crippen LogP contribution is -2.59. The fourth-order valence-corrected chi connectivity index (χ4v) is 3.98. The summed E-state index contributed by atoms with van der Waals surface area (Å²) in [6.45, 7) is 2.85. The summed E-state index contributed by atoms with van der Waals surface area (Å²) in [5, 5.41) is 50.0. The van der Waals surface area contributed by atoms with E-state index in [9.17, 15) is 54.0 Å². The maximum atomic E-state index is 12.9. The number of aliphatic carboxylic acids is 1. The summed E-state index contributed by atoms with van der Waals surface area (Å²) in [5.74, 6) is -7.46. The molecule has 0 bridgehead atoms. The second kappa shape index (κ2) is 18.9. The number of benzene rings is 1. The second-order valence-corrected chi connectivity index (χ2v) is 10.7. The first-order valence-corrected chi connectivity index (χ1v) is 14.3. The van der Waals surface area contributed by atoms with Crippen LogP contribution >= 0.6 is 0 Å². The molecule has 1 aromatic carbocycles. The molecule has 6 amide bonds. The summed E-state index contributed by atoms with van der Waals surface area (Å²) < 4.78 is 0. The van der Waals surface area contributed by atoms with E-state index in [-0.39, 0.29) is 12.2 Å². The number of amides is 6. The number of carbonyl (C=O) groups excluding carboxylic acids is 6. The van der Waals surface area contributed by atoms with Gasteiger partial charge in [0.1, 0.15) is 29.9 Å². The van der Waals surface area contributed by atoms with Crippen molar-refractivity contribution >= 4 is 41.4 Å². The van der Waals surface area contributed by atoms with E-state index < -0.39 is 103 Å². The molecule has 18 nitrogen and oxygen atoms in total. The van der Waals surface area contributed by atoms with Crippen molar-refractivity contribution in [3.05, 3.63) is 29.8 Å². The molecule has 1 rings (SSSR count). The van der Waals surface area contributed by atoms with E-state index in [1.54, 1.807) is 13.8 Å². The minimum atomic E-state index is -1.62. The number of primary amides is 1. The Bertz CT molecular complexity index is 1240. The predicted molar refractivity (Wildman–Crippen MR) is 160 cm³/mol. The minimum absolute atomic E-state index is 0.0426. The quantitative estimate of drug-likeness (QED) is 0.0676. The lowest BCUT2D eigenvalue weighted by molar-refractivity contribution is -0.143. The zero-order valence-corrected chi connectivity index (χ0v) is 25.7. The average molecular weight is 654 g/mol. The number of hydrogen-bond acceptors (Lipinski definition) is 11. The molecular weight excluding hydrogens is 610 g/mol. The molecule has 0 heterocycles. The summed E-state index contributed by atoms with van der Waals surface area (Å²) in [6.07, 6.45) is -1.73. The van der Waals surface area contributed by atoms with Crippen molar-refractivity contribution in [3.63, 3.8) is 0 Å². The topological polar surface area (TPSA) is 313 Å². The Morgan fingerprint density at radius 3 is 1.89 bits per heavy atom. The molecule has 13 N–H and O–H groups in total. The number of hydrogen-bond donors (Lipinski definition) is 11. The lowest BCUT2D eigenvalue weighted by atomic mass is 9.97. The molecule has 0 saturated carbocycles. The standard InChI is InChI=1S/C28H43N7O11/c1-4-13(2)22(35-24(41)17(29)10-20(30)39)26(43)33-19(12-36)25(42)31-11-21(40)34-23(14(3)37)27(44)32-18(28(45)46)9-15-5-7-16(38)8-6-15/h5-8,13-14,17-19,22-23,36-38H,4,9-12,29H2,1-3H3,(H2,30,39)(H,31,42)(H,32,44)(H,33,43)(H,34,40)(H,35,41)(H,45,46)/t13-,14+,17-,18-,19-,22-,23-/m0/s1. The van der Waals surface area contributed by atoms with Gasteiger partial charge < -0.3 is 58.5 Å². The summed E-state index contributed by atoms with van der Waals surface area (Å²) in [6, 6.07) is -1.60. The van der Waals surface area contributed by atoms with Crippen molar-refractivity contribution in [2.75, 3.05) is 13.2 Å². The van der Waals surface area contributed by atoms with Crippen LogP contribution in [-0.2, 0) is 40.0 Å². The predicted octanol–water partition coefficient (Wildman–Crippen LogP) is -4.30. The van der Waals surface area contributed by atoms with E-state index >= 15 is 0 Å². The molecule has 0 saturated heterocycles. The molecular formula is C28H43N7O11. The van der Waals surface area contributed by atoms with Gasteiger partial charge >= 0.3 is 5.97 Å². The highest BCUT2D eigenvalue weighted by molar-refractivity contribution is 5.96. The molecule has 0 aliphatic rings. The SMILES string of the molecule is CC[C@H](C)[C@H](NC(=O)[C@@H](N)CC(N)=O)C(=O)N[C@@H](CO)C(=O)NCC(=O)N[C@H](C(=O)N[C@@H](Cc1ccc(O)cc1)C(=O)O)[C@@H](C)O. The van der Waals surface area contributed by atoms with Crippen LogP contribution in [0, 0.1) is 5.92 Å². The number of aliphatic hydroxyl groups excluding tert-OH is 2. The Hall–Kier alpha value is -4.81. The van der Waals surface area contributed by atoms with Crippen LogP contribution in [0.15, 0.2) is 24.3 Å². The third kappa shape index (κ3) is 13.0. The molecule has 256 valence electrons. The summed E-state index contributed by atoms with van der Waals surface area (Å²) in [5.41, 5.74) is 11.2. The van der Waals surface area contributed by atoms with Crippen molar-refractivity contribution in [3.8, 4) is 5.75 Å². The van der Waals surface area contributed by atoms with Gasteiger partial charge in [0.2, 0.25) is 35.4 Å². The number of rotatable bonds is 19. The van der Waals surface area contributed by atoms with Gasteiger partial charge in [-0.1, -0.05) is 32.4 Å². The van der Waals surface area contributed by atoms with Crippen LogP contribution in [0.25, 0.3) is 0 Å². The smallest absolute Gasteiger partial charge is 0.326 e. The van der Waals surface area contributed by atoms with Gasteiger partial charge in [0.15, 0.2) is 0 Å². The lowest BCUT2D eigenvalue weighted by Gasteiger charge is -2.27. The van der Waals surface area contributed by atoms with Crippen LogP contribution in [0.4, 0.5) is 0 Å². The maximum Gasteiger partial charge on any atom is 0.326 e. The highest BCUT2D eigenvalue weighted by Crippen LogP contribution is 2.12. The number of carboxylic acid groups (broad SMARTS) is 1. The number of phenolic OH excluding ortho intramolecular Hbond substituents is 1. The van der Waals surface area contributed by atoms with Crippen LogP contribution < -0.4 is 38.1 Å². The van der Waals surface area contributed by atoms with Gasteiger partial charge in [0.25, 0.3) is 0 Å². The molecule has 18 heteroatoms. The van der Waals surface area contributed by atoms with Crippen molar-refractivity contribution < 1.29 is 54.0 Å². The Morgan fingerprint density at radius 2 is 1.39 bits per heavy atom. The number of phenols is 1. The fourth-order valence-electron chi connectivity index (χ4n) is 3.98. The number of carboxylic acids is 1. The maximum absolute atomic E-state index is 12.9. The number of aliphatic hydroxyl groups is 2. The molecule has 0 aliphatic heterocycles. The first-order chi connectivity index (χ1) is 21.5. The average Bonchev–Trinajstić information content (AvgIpc) is 2.99. The van der Waals surface area contributed by atoms with Crippen molar-refractivity contribution in [2.24, 2.45) is 17.4 Å². The Kier molecular flexibility index (Phi) is 16.1. The van der Waals surface area contributed by atoms with Gasteiger partial charge in [0.05, 0.1) is 31.7 Å². The van der Waals surface area contributed by atoms with E-state index in [0.717, 1.165) is 0 Å². The van der Waals surface area contributed by atoms with Gasteiger partial charge in [-0.25, -0.2) is 4.79 Å². The molecule has 0 radical (unpaired) electrons. The van der Waals surface area contributed by atoms with Gasteiger partial charge in [-0.3, -0.25) is 28.8 Å². The monoisotopic (exact) mass is 653 g/mol. The van der Waals surface area contributed by atoms with Crippen molar-refractivity contribution in [2.45, 2.75) is 76.3 Å². The molecule has 46 heavy (non-hydrogen) atoms. The Labute approximate surface area is 264 Å². The minimum Gasteiger partial charge on any atom is -0.508 e. The van der Waals surface area contributed by atoms with Crippen molar-refractivity contribution in [1.29, 1.82) is 0 Å². The number of carbonyl (C=O) groups is 7. The molecule has 0 aromatic heterocycles. The summed E-state index contributed by atoms with van der Waals surface area (Å²) in [7, 11) is 0. The second-order valence-electron chi connectivity index (χ2n) is 10.7.